The van der Waals surface area contributed by atoms with Crippen LogP contribution in [0.1, 0.15) is 0 Å². The van der Waals surface area contributed by atoms with E-state index in [1.807, 2.05) is 0 Å². The molecular formula is C12H13NO5. The maximum absolute atomic E-state index is 11.6. The molecular weight excluding hydrogens is 238 g/mol. The average molecular weight is 251 g/mol. The summed E-state index contributed by atoms with van der Waals surface area (Å²) in [6.45, 7) is 0.284. The normalized spacial score (nSPS) is 22.4. The van der Waals surface area contributed by atoms with Gasteiger partial charge in [-0.25, -0.2) is 4.79 Å². The van der Waals surface area contributed by atoms with E-state index in [0.29, 0.717) is 5.75 Å². The topological polar surface area (TPSA) is 84.9 Å². The second-order valence-electron chi connectivity index (χ2n) is 3.94. The summed E-state index contributed by atoms with van der Waals surface area (Å²) >= 11 is 0. The zero-order valence-corrected chi connectivity index (χ0v) is 9.54. The molecule has 0 saturated carbocycles. The van der Waals surface area contributed by atoms with Crippen molar-refractivity contribution in [3.63, 3.8) is 0 Å². The lowest BCUT2D eigenvalue weighted by atomic mass is 10.1. The molecule has 0 aromatic heterocycles. The van der Waals surface area contributed by atoms with E-state index in [4.69, 9.17) is 14.6 Å². The highest BCUT2D eigenvalue weighted by atomic mass is 16.6. The number of aliphatic carboxylic acids is 1. The predicted molar refractivity (Wildman–Crippen MR) is 61.3 cm³/mol. The van der Waals surface area contributed by atoms with Crippen molar-refractivity contribution in [2.45, 2.75) is 6.04 Å². The summed E-state index contributed by atoms with van der Waals surface area (Å²) in [6, 6.07) is 8.00. The van der Waals surface area contributed by atoms with Crippen LogP contribution in [-0.4, -0.2) is 36.4 Å². The Morgan fingerprint density at radius 2 is 2.00 bits per heavy atom. The Morgan fingerprint density at radius 3 is 2.67 bits per heavy atom. The highest BCUT2D eigenvalue weighted by Gasteiger charge is 2.35. The second-order valence-corrected chi connectivity index (χ2v) is 3.94. The van der Waals surface area contributed by atoms with Crippen LogP contribution >= 0.6 is 0 Å². The first kappa shape index (κ1) is 12.4. The van der Waals surface area contributed by atoms with Crippen LogP contribution in [0.5, 0.6) is 5.75 Å². The third-order valence-electron chi connectivity index (χ3n) is 2.65. The summed E-state index contributed by atoms with van der Waals surface area (Å²) in [4.78, 5) is 22.4. The van der Waals surface area contributed by atoms with Crippen molar-refractivity contribution in [3.8, 4) is 5.75 Å². The van der Waals surface area contributed by atoms with E-state index in [-0.39, 0.29) is 13.2 Å². The van der Waals surface area contributed by atoms with E-state index in [9.17, 15) is 9.59 Å². The molecule has 0 radical (unpaired) electrons. The summed E-state index contributed by atoms with van der Waals surface area (Å²) in [5.41, 5.74) is 0. The van der Waals surface area contributed by atoms with Crippen molar-refractivity contribution in [3.05, 3.63) is 30.3 Å². The van der Waals surface area contributed by atoms with Crippen molar-refractivity contribution in [1.82, 2.24) is 5.32 Å². The number of hydrogen-bond donors (Lipinski definition) is 2. The Balaban J connectivity index is 1.90. The Morgan fingerprint density at radius 1 is 1.28 bits per heavy atom. The highest BCUT2D eigenvalue weighted by Crippen LogP contribution is 2.15. The molecule has 1 aliphatic heterocycles. The number of carboxylic acid groups (broad SMARTS) is 1. The third-order valence-corrected chi connectivity index (χ3v) is 2.65. The fourth-order valence-corrected chi connectivity index (χ4v) is 1.72. The maximum Gasteiger partial charge on any atom is 0.412 e. The zero-order chi connectivity index (χ0) is 13.0. The smallest absolute Gasteiger partial charge is 0.412 e. The number of rotatable bonds is 3. The van der Waals surface area contributed by atoms with Crippen LogP contribution in [0.4, 0.5) is 4.79 Å². The molecule has 1 fully saturated rings. The minimum absolute atomic E-state index is 0.103. The van der Waals surface area contributed by atoms with Crippen LogP contribution in [0, 0.1) is 5.92 Å². The fraction of sp³-hybridized carbons (Fsp3) is 0.333. The Bertz CT molecular complexity index is 433. The Labute approximate surface area is 104 Å². The van der Waals surface area contributed by atoms with Crippen molar-refractivity contribution < 1.29 is 24.2 Å². The summed E-state index contributed by atoms with van der Waals surface area (Å²) in [5.74, 6) is -1.31. The minimum Gasteiger partial charge on any atom is -0.481 e. The monoisotopic (exact) mass is 251 g/mol. The lowest BCUT2D eigenvalue weighted by Gasteiger charge is -2.15. The molecule has 1 aromatic rings. The summed E-state index contributed by atoms with van der Waals surface area (Å²) in [6.07, 6.45) is -0.678. The first-order chi connectivity index (χ1) is 8.66. The number of carbonyl (C=O) groups excluding carboxylic acids is 1. The molecule has 6 heteroatoms. The van der Waals surface area contributed by atoms with E-state index < -0.39 is 24.0 Å². The molecule has 0 aliphatic carbocycles. The van der Waals surface area contributed by atoms with E-state index >= 15 is 0 Å². The number of amides is 1. The Hall–Kier alpha value is -2.08. The number of nitrogens with one attached hydrogen (secondary N) is 1. The summed E-state index contributed by atoms with van der Waals surface area (Å²) in [7, 11) is 0. The molecule has 1 heterocycles. The molecule has 1 aliphatic rings. The highest BCUT2D eigenvalue weighted by molar-refractivity contribution is 5.75. The van der Waals surface area contributed by atoms with E-state index in [2.05, 4.69) is 5.32 Å². The SMILES string of the molecule is O=C(NC1COCC1C(=O)O)Oc1ccccc1. The van der Waals surface area contributed by atoms with Gasteiger partial charge in [-0.2, -0.15) is 0 Å². The molecule has 6 nitrogen and oxygen atoms in total. The molecule has 2 N–H and O–H groups in total. The quantitative estimate of drug-likeness (QED) is 0.832. The molecule has 0 bridgehead atoms. The van der Waals surface area contributed by atoms with Crippen LogP contribution in [-0.2, 0) is 9.53 Å². The standard InChI is InChI=1S/C12H13NO5/c14-11(15)9-6-17-7-10(9)13-12(16)18-8-4-2-1-3-5-8/h1-5,9-10H,6-7H2,(H,13,16)(H,14,15). The molecule has 1 saturated heterocycles. The van der Waals surface area contributed by atoms with Crippen LogP contribution in [0.25, 0.3) is 0 Å². The number of carboxylic acids is 1. The van der Waals surface area contributed by atoms with Gasteiger partial charge in [-0.3, -0.25) is 4.79 Å². The van der Waals surface area contributed by atoms with E-state index in [0.717, 1.165) is 0 Å². The molecule has 96 valence electrons. The summed E-state index contributed by atoms with van der Waals surface area (Å²) < 4.78 is 10.0. The molecule has 18 heavy (non-hydrogen) atoms. The van der Waals surface area contributed by atoms with Crippen LogP contribution in [0.2, 0.25) is 0 Å². The second kappa shape index (κ2) is 5.50. The number of hydrogen-bond acceptors (Lipinski definition) is 4. The van der Waals surface area contributed by atoms with Gasteiger partial charge in [0.2, 0.25) is 0 Å². The number of carbonyl (C=O) groups is 2. The minimum atomic E-state index is -0.988. The molecule has 0 spiro atoms. The van der Waals surface area contributed by atoms with Gasteiger partial charge in [0, 0.05) is 0 Å². The van der Waals surface area contributed by atoms with Crippen molar-refractivity contribution in [2.24, 2.45) is 5.92 Å². The molecule has 2 unspecified atom stereocenters. The number of para-hydroxylation sites is 1. The van der Waals surface area contributed by atoms with Crippen LogP contribution in [0.15, 0.2) is 30.3 Å². The van der Waals surface area contributed by atoms with Gasteiger partial charge in [-0.1, -0.05) is 18.2 Å². The number of benzene rings is 1. The largest absolute Gasteiger partial charge is 0.481 e. The van der Waals surface area contributed by atoms with Gasteiger partial charge in [0.15, 0.2) is 0 Å². The van der Waals surface area contributed by atoms with Gasteiger partial charge in [-0.15, -0.1) is 0 Å². The van der Waals surface area contributed by atoms with Gasteiger partial charge in [0.05, 0.1) is 19.3 Å². The summed E-state index contributed by atoms with van der Waals surface area (Å²) in [5, 5.41) is 11.4. The van der Waals surface area contributed by atoms with Crippen molar-refractivity contribution in [2.75, 3.05) is 13.2 Å². The number of ether oxygens (including phenoxy) is 2. The van der Waals surface area contributed by atoms with Crippen molar-refractivity contribution >= 4 is 12.1 Å². The average Bonchev–Trinajstić information content (AvgIpc) is 2.78. The van der Waals surface area contributed by atoms with Gasteiger partial charge in [-0.05, 0) is 12.1 Å². The van der Waals surface area contributed by atoms with Crippen LogP contribution in [0.3, 0.4) is 0 Å². The van der Waals surface area contributed by atoms with E-state index in [1.54, 1.807) is 30.3 Å². The fourth-order valence-electron chi connectivity index (χ4n) is 1.72. The first-order valence-corrected chi connectivity index (χ1v) is 5.51. The van der Waals surface area contributed by atoms with Gasteiger partial charge < -0.3 is 19.9 Å². The lowest BCUT2D eigenvalue weighted by Crippen LogP contribution is -2.43. The first-order valence-electron chi connectivity index (χ1n) is 5.51. The predicted octanol–water partition coefficient (Wildman–Crippen LogP) is 0.875. The molecule has 1 aromatic carbocycles. The molecule has 2 rings (SSSR count). The van der Waals surface area contributed by atoms with Crippen LogP contribution < -0.4 is 10.1 Å². The third kappa shape index (κ3) is 2.98. The van der Waals surface area contributed by atoms with Gasteiger partial charge >= 0.3 is 12.1 Å². The lowest BCUT2D eigenvalue weighted by molar-refractivity contribution is -0.142. The molecule has 1 amide bonds. The zero-order valence-electron chi connectivity index (χ0n) is 9.54. The van der Waals surface area contributed by atoms with E-state index in [1.165, 1.54) is 0 Å². The maximum atomic E-state index is 11.6. The molecule has 2 atom stereocenters. The Kier molecular flexibility index (Phi) is 3.78. The van der Waals surface area contributed by atoms with Gasteiger partial charge in [0.1, 0.15) is 11.7 Å². The van der Waals surface area contributed by atoms with Crippen molar-refractivity contribution in [1.29, 1.82) is 0 Å². The van der Waals surface area contributed by atoms with Gasteiger partial charge in [0.25, 0.3) is 0 Å².